The molecular formula is C14H22N2. The van der Waals surface area contributed by atoms with Gasteiger partial charge in [0.15, 0.2) is 0 Å². The lowest BCUT2D eigenvalue weighted by atomic mass is 9.88. The lowest BCUT2D eigenvalue weighted by Gasteiger charge is -2.24. The smallest absolute Gasteiger partial charge is 0.0573 e. The minimum Gasteiger partial charge on any atom is -0.309 e. The summed E-state index contributed by atoms with van der Waals surface area (Å²) in [6.45, 7) is 7.81. The highest BCUT2D eigenvalue weighted by atomic mass is 14.9. The molecule has 1 aliphatic rings. The monoisotopic (exact) mass is 218 g/mol. The van der Waals surface area contributed by atoms with Crippen molar-refractivity contribution < 1.29 is 0 Å². The minimum atomic E-state index is 0.200. The molecule has 1 aliphatic heterocycles. The van der Waals surface area contributed by atoms with E-state index in [1.54, 1.807) is 0 Å². The average molecular weight is 218 g/mol. The van der Waals surface area contributed by atoms with Crippen LogP contribution in [0.1, 0.15) is 57.3 Å². The second-order valence-corrected chi connectivity index (χ2v) is 5.72. The second kappa shape index (κ2) is 4.54. The van der Waals surface area contributed by atoms with Gasteiger partial charge in [-0.15, -0.1) is 0 Å². The van der Waals surface area contributed by atoms with Gasteiger partial charge in [0.1, 0.15) is 0 Å². The van der Waals surface area contributed by atoms with E-state index in [2.05, 4.69) is 43.2 Å². The first-order valence-corrected chi connectivity index (χ1v) is 6.27. The summed E-state index contributed by atoms with van der Waals surface area (Å²) in [5.41, 5.74) is 2.71. The largest absolute Gasteiger partial charge is 0.309 e. The highest BCUT2D eigenvalue weighted by Gasteiger charge is 2.18. The maximum atomic E-state index is 4.61. The average Bonchev–Trinajstić information content (AvgIpc) is 2.29. The predicted molar refractivity (Wildman–Crippen MR) is 67.5 cm³/mol. The van der Waals surface area contributed by atoms with Crippen molar-refractivity contribution in [2.45, 2.75) is 51.5 Å². The Morgan fingerprint density at radius 3 is 2.56 bits per heavy atom. The number of nitrogens with one attached hydrogen (secondary N) is 1. The van der Waals surface area contributed by atoms with E-state index in [4.69, 9.17) is 0 Å². The molecule has 1 aromatic rings. The van der Waals surface area contributed by atoms with E-state index >= 15 is 0 Å². The summed E-state index contributed by atoms with van der Waals surface area (Å²) in [6, 6.07) is 4.88. The van der Waals surface area contributed by atoms with Gasteiger partial charge in [0, 0.05) is 12.2 Å². The molecule has 2 nitrogen and oxygen atoms in total. The van der Waals surface area contributed by atoms with Crippen LogP contribution in [0, 0.1) is 0 Å². The fraction of sp³-hybridized carbons (Fsp3) is 0.643. The second-order valence-electron chi connectivity index (χ2n) is 5.72. The molecule has 2 heteroatoms. The highest BCUT2D eigenvalue weighted by molar-refractivity contribution is 5.22. The minimum absolute atomic E-state index is 0.200. The van der Waals surface area contributed by atoms with Gasteiger partial charge >= 0.3 is 0 Å². The molecule has 0 bridgehead atoms. The number of nitrogens with zero attached hydrogens (tertiary/aromatic N) is 1. The number of pyridine rings is 1. The van der Waals surface area contributed by atoms with Gasteiger partial charge in [0.05, 0.1) is 5.69 Å². The molecule has 1 unspecified atom stereocenters. The van der Waals surface area contributed by atoms with Crippen LogP contribution in [0.25, 0.3) is 0 Å². The summed E-state index contributed by atoms with van der Waals surface area (Å²) < 4.78 is 0. The Morgan fingerprint density at radius 1 is 1.25 bits per heavy atom. The Kier molecular flexibility index (Phi) is 3.29. The van der Waals surface area contributed by atoms with E-state index in [0.717, 1.165) is 6.54 Å². The van der Waals surface area contributed by atoms with E-state index in [-0.39, 0.29) is 5.41 Å². The van der Waals surface area contributed by atoms with Crippen molar-refractivity contribution in [2.75, 3.05) is 6.54 Å². The third-order valence-electron chi connectivity index (χ3n) is 3.32. The van der Waals surface area contributed by atoms with Crippen LogP contribution < -0.4 is 5.32 Å². The molecule has 2 heterocycles. The molecule has 0 saturated carbocycles. The lowest BCUT2D eigenvalue weighted by Crippen LogP contribution is -2.27. The number of rotatable bonds is 1. The van der Waals surface area contributed by atoms with Crippen LogP contribution in [0.15, 0.2) is 18.3 Å². The van der Waals surface area contributed by atoms with E-state index in [0.29, 0.717) is 6.04 Å². The van der Waals surface area contributed by atoms with E-state index < -0.39 is 0 Å². The summed E-state index contributed by atoms with van der Waals surface area (Å²) >= 11 is 0. The molecule has 0 aliphatic carbocycles. The third kappa shape index (κ3) is 2.62. The van der Waals surface area contributed by atoms with Gasteiger partial charge in [-0.3, -0.25) is 4.98 Å². The molecule has 0 amide bonds. The highest BCUT2D eigenvalue weighted by Crippen LogP contribution is 2.25. The van der Waals surface area contributed by atoms with E-state index in [1.165, 1.54) is 30.5 Å². The fourth-order valence-corrected chi connectivity index (χ4v) is 2.16. The van der Waals surface area contributed by atoms with Gasteiger partial charge in [0.25, 0.3) is 0 Å². The zero-order valence-corrected chi connectivity index (χ0v) is 10.6. The molecule has 1 N–H and O–H groups in total. The first-order valence-electron chi connectivity index (χ1n) is 6.27. The summed E-state index contributed by atoms with van der Waals surface area (Å²) in [4.78, 5) is 4.61. The Bertz CT molecular complexity index is 329. The van der Waals surface area contributed by atoms with Gasteiger partial charge < -0.3 is 5.32 Å². The SMILES string of the molecule is CC(C)(C)c1ccc(C2CCCCN2)nc1. The first kappa shape index (κ1) is 11.6. The molecule has 0 aromatic carbocycles. The van der Waals surface area contributed by atoms with Gasteiger partial charge in [-0.05, 0) is 36.4 Å². The lowest BCUT2D eigenvalue weighted by molar-refractivity contribution is 0.405. The Morgan fingerprint density at radius 2 is 2.06 bits per heavy atom. The predicted octanol–water partition coefficient (Wildman–Crippen LogP) is 3.19. The summed E-state index contributed by atoms with van der Waals surface area (Å²) in [5.74, 6) is 0. The molecule has 1 aromatic heterocycles. The van der Waals surface area contributed by atoms with E-state index in [9.17, 15) is 0 Å². The van der Waals surface area contributed by atoms with Gasteiger partial charge in [0.2, 0.25) is 0 Å². The summed E-state index contributed by atoms with van der Waals surface area (Å²) in [6.07, 6.45) is 5.88. The van der Waals surface area contributed by atoms with Crippen LogP contribution in [0.4, 0.5) is 0 Å². The first-order chi connectivity index (χ1) is 7.57. The molecule has 16 heavy (non-hydrogen) atoms. The van der Waals surface area contributed by atoms with Crippen molar-refractivity contribution >= 4 is 0 Å². The molecule has 1 atom stereocenters. The van der Waals surface area contributed by atoms with Gasteiger partial charge in [-0.2, -0.15) is 0 Å². The van der Waals surface area contributed by atoms with E-state index in [1.807, 2.05) is 6.20 Å². The van der Waals surface area contributed by atoms with Gasteiger partial charge in [-0.25, -0.2) is 0 Å². The molecular weight excluding hydrogens is 196 g/mol. The Balaban J connectivity index is 2.12. The van der Waals surface area contributed by atoms with Crippen LogP contribution in [0.3, 0.4) is 0 Å². The van der Waals surface area contributed by atoms with Crippen molar-refractivity contribution in [3.05, 3.63) is 29.6 Å². The number of hydrogen-bond acceptors (Lipinski definition) is 2. The van der Waals surface area contributed by atoms with Crippen molar-refractivity contribution in [1.29, 1.82) is 0 Å². The maximum absolute atomic E-state index is 4.61. The molecule has 1 fully saturated rings. The van der Waals surface area contributed by atoms with Crippen LogP contribution in [0.5, 0.6) is 0 Å². The molecule has 2 rings (SSSR count). The van der Waals surface area contributed by atoms with Crippen LogP contribution in [-0.2, 0) is 5.41 Å². The maximum Gasteiger partial charge on any atom is 0.0573 e. The van der Waals surface area contributed by atoms with Crippen LogP contribution >= 0.6 is 0 Å². The summed E-state index contributed by atoms with van der Waals surface area (Å²) in [7, 11) is 0. The Labute approximate surface area is 98.5 Å². The zero-order valence-electron chi connectivity index (χ0n) is 10.6. The van der Waals surface area contributed by atoms with Crippen molar-refractivity contribution in [2.24, 2.45) is 0 Å². The number of hydrogen-bond donors (Lipinski definition) is 1. The quantitative estimate of drug-likeness (QED) is 0.783. The van der Waals surface area contributed by atoms with Crippen LogP contribution in [-0.4, -0.2) is 11.5 Å². The molecule has 0 spiro atoms. The number of piperidine rings is 1. The van der Waals surface area contributed by atoms with Gasteiger partial charge in [-0.1, -0.05) is 33.3 Å². The normalized spacial score (nSPS) is 22.1. The molecule has 88 valence electrons. The Hall–Kier alpha value is -0.890. The third-order valence-corrected chi connectivity index (χ3v) is 3.32. The number of aromatic nitrogens is 1. The van der Waals surface area contributed by atoms with Crippen molar-refractivity contribution in [3.8, 4) is 0 Å². The zero-order chi connectivity index (χ0) is 11.6. The topological polar surface area (TPSA) is 24.9 Å². The van der Waals surface area contributed by atoms with Crippen molar-refractivity contribution in [3.63, 3.8) is 0 Å². The molecule has 0 radical (unpaired) electrons. The molecule has 1 saturated heterocycles. The van der Waals surface area contributed by atoms with Crippen molar-refractivity contribution in [1.82, 2.24) is 10.3 Å². The summed E-state index contributed by atoms with van der Waals surface area (Å²) in [5, 5.41) is 3.53. The fourth-order valence-electron chi connectivity index (χ4n) is 2.16. The van der Waals surface area contributed by atoms with Crippen LogP contribution in [0.2, 0.25) is 0 Å². The standard InChI is InChI=1S/C14H22N2/c1-14(2,3)11-7-8-13(16-10-11)12-6-4-5-9-15-12/h7-8,10,12,15H,4-6,9H2,1-3H3.